The van der Waals surface area contributed by atoms with Crippen molar-refractivity contribution in [3.05, 3.63) is 29.3 Å². The third-order valence-electron chi connectivity index (χ3n) is 4.51. The minimum absolute atomic E-state index is 0.00801. The number of benzene rings is 1. The highest BCUT2D eigenvalue weighted by Crippen LogP contribution is 2.28. The second-order valence-corrected chi connectivity index (χ2v) is 6.62. The number of rotatable bonds is 3. The fraction of sp³-hybridized carbons (Fsp3) is 0.529. The Morgan fingerprint density at radius 1 is 1.17 bits per heavy atom. The number of ether oxygens (including phenoxy) is 1. The summed E-state index contributed by atoms with van der Waals surface area (Å²) < 4.78 is 5.82. The minimum Gasteiger partial charge on any atom is -0.485 e. The summed E-state index contributed by atoms with van der Waals surface area (Å²) in [6.07, 6.45) is 1.74. The van der Waals surface area contributed by atoms with E-state index >= 15 is 0 Å². The molecule has 0 bridgehead atoms. The first-order valence-corrected chi connectivity index (χ1v) is 8.38. The predicted molar refractivity (Wildman–Crippen MR) is 87.4 cm³/mol. The third-order valence-corrected chi connectivity index (χ3v) is 4.82. The molecular weight excluding hydrogens is 316 g/mol. The van der Waals surface area contributed by atoms with Crippen LogP contribution < -0.4 is 4.74 Å². The number of carbonyl (C=O) groups excluding carboxylic acids is 2. The van der Waals surface area contributed by atoms with Crippen molar-refractivity contribution in [2.75, 3.05) is 26.2 Å². The van der Waals surface area contributed by atoms with Gasteiger partial charge in [0, 0.05) is 20.0 Å². The van der Waals surface area contributed by atoms with Gasteiger partial charge in [0.15, 0.2) is 0 Å². The van der Waals surface area contributed by atoms with Crippen molar-refractivity contribution in [2.45, 2.75) is 25.9 Å². The topological polar surface area (TPSA) is 49.9 Å². The van der Waals surface area contributed by atoms with Gasteiger partial charge in [0.05, 0.1) is 24.0 Å². The molecule has 2 aliphatic heterocycles. The zero-order chi connectivity index (χ0) is 16.4. The normalized spacial score (nSPS) is 21.7. The van der Waals surface area contributed by atoms with Gasteiger partial charge < -0.3 is 14.5 Å². The Morgan fingerprint density at radius 3 is 2.61 bits per heavy atom. The van der Waals surface area contributed by atoms with E-state index < -0.39 is 0 Å². The fourth-order valence-corrected chi connectivity index (χ4v) is 3.32. The Labute approximate surface area is 141 Å². The summed E-state index contributed by atoms with van der Waals surface area (Å²) in [7, 11) is 0. The summed E-state index contributed by atoms with van der Waals surface area (Å²) in [5, 5.41) is 0.585. The molecule has 2 fully saturated rings. The predicted octanol–water partition coefficient (Wildman–Crippen LogP) is 2.19. The van der Waals surface area contributed by atoms with Gasteiger partial charge in [-0.25, -0.2) is 0 Å². The van der Waals surface area contributed by atoms with E-state index in [0.29, 0.717) is 30.4 Å². The van der Waals surface area contributed by atoms with Gasteiger partial charge in [-0.2, -0.15) is 0 Å². The van der Waals surface area contributed by atoms with Crippen molar-refractivity contribution in [1.29, 1.82) is 0 Å². The molecule has 0 aliphatic carbocycles. The Morgan fingerprint density at radius 2 is 1.91 bits per heavy atom. The van der Waals surface area contributed by atoms with Crippen LogP contribution in [0.3, 0.4) is 0 Å². The monoisotopic (exact) mass is 336 g/mol. The smallest absolute Gasteiger partial charge is 0.227 e. The molecule has 1 atom stereocenters. The van der Waals surface area contributed by atoms with E-state index in [4.69, 9.17) is 16.3 Å². The first kappa shape index (κ1) is 16.1. The molecule has 5 nitrogen and oxygen atoms in total. The molecular formula is C17H21ClN2O3. The average Bonchev–Trinajstić information content (AvgIpc) is 2.51. The van der Waals surface area contributed by atoms with Crippen LogP contribution in [0.15, 0.2) is 24.3 Å². The number of likely N-dealkylation sites (tertiary alicyclic amines) is 2. The number of hydrogen-bond donors (Lipinski definition) is 0. The molecule has 0 saturated carbocycles. The van der Waals surface area contributed by atoms with E-state index in [-0.39, 0.29) is 23.8 Å². The van der Waals surface area contributed by atoms with Gasteiger partial charge in [0.2, 0.25) is 11.8 Å². The maximum Gasteiger partial charge on any atom is 0.227 e. The summed E-state index contributed by atoms with van der Waals surface area (Å²) in [4.78, 5) is 27.6. The van der Waals surface area contributed by atoms with E-state index in [2.05, 4.69) is 0 Å². The van der Waals surface area contributed by atoms with Crippen molar-refractivity contribution in [3.63, 3.8) is 0 Å². The van der Waals surface area contributed by atoms with Crippen molar-refractivity contribution < 1.29 is 14.3 Å². The number of para-hydroxylation sites is 1. The number of amides is 2. The molecule has 2 heterocycles. The standard InChI is InChI=1S/C17H21ClN2O3/c1-12(21)19-8-4-5-13(9-19)17(22)20-10-14(11-20)23-16-7-3-2-6-15(16)18/h2-3,6-7,13-14H,4-5,8-11H2,1H3/t13-/m1/s1. The van der Waals surface area contributed by atoms with Crippen LogP contribution >= 0.6 is 11.6 Å². The molecule has 2 aliphatic rings. The number of hydrogen-bond acceptors (Lipinski definition) is 3. The van der Waals surface area contributed by atoms with Crippen LogP contribution in [0, 0.1) is 5.92 Å². The molecule has 0 unspecified atom stereocenters. The zero-order valence-corrected chi connectivity index (χ0v) is 14.0. The number of carbonyl (C=O) groups is 2. The maximum atomic E-state index is 12.5. The van der Waals surface area contributed by atoms with Crippen LogP contribution in [0.25, 0.3) is 0 Å². The molecule has 2 amide bonds. The van der Waals surface area contributed by atoms with Gasteiger partial charge in [-0.3, -0.25) is 9.59 Å². The number of nitrogens with zero attached hydrogens (tertiary/aromatic N) is 2. The van der Waals surface area contributed by atoms with Crippen molar-refractivity contribution >= 4 is 23.4 Å². The van der Waals surface area contributed by atoms with Gasteiger partial charge in [-0.05, 0) is 25.0 Å². The molecule has 23 heavy (non-hydrogen) atoms. The van der Waals surface area contributed by atoms with Gasteiger partial charge in [-0.15, -0.1) is 0 Å². The van der Waals surface area contributed by atoms with Crippen molar-refractivity contribution in [3.8, 4) is 5.75 Å². The first-order valence-electron chi connectivity index (χ1n) is 8.00. The van der Waals surface area contributed by atoms with Gasteiger partial charge in [0.25, 0.3) is 0 Å². The summed E-state index contributed by atoms with van der Waals surface area (Å²) in [5.41, 5.74) is 0. The zero-order valence-electron chi connectivity index (χ0n) is 13.2. The molecule has 0 radical (unpaired) electrons. The van der Waals surface area contributed by atoms with E-state index in [0.717, 1.165) is 19.4 Å². The van der Waals surface area contributed by atoms with Crippen LogP contribution in [0.5, 0.6) is 5.75 Å². The maximum absolute atomic E-state index is 12.5. The molecule has 0 N–H and O–H groups in total. The summed E-state index contributed by atoms with van der Waals surface area (Å²) in [5.74, 6) is 0.765. The second-order valence-electron chi connectivity index (χ2n) is 6.22. The van der Waals surface area contributed by atoms with Crippen molar-refractivity contribution in [2.24, 2.45) is 5.92 Å². The first-order chi connectivity index (χ1) is 11.0. The second kappa shape index (κ2) is 6.79. The largest absolute Gasteiger partial charge is 0.485 e. The molecule has 3 rings (SSSR count). The van der Waals surface area contributed by atoms with E-state index in [1.54, 1.807) is 17.9 Å². The molecule has 0 spiro atoms. The SMILES string of the molecule is CC(=O)N1CCC[C@@H](C(=O)N2CC(Oc3ccccc3Cl)C2)C1. The van der Waals surface area contributed by atoms with Crippen LogP contribution in [0.4, 0.5) is 0 Å². The summed E-state index contributed by atoms with van der Waals surface area (Å²) >= 11 is 6.07. The Balaban J connectivity index is 1.50. The van der Waals surface area contributed by atoms with E-state index in [1.807, 2.05) is 23.1 Å². The van der Waals surface area contributed by atoms with Gasteiger partial charge >= 0.3 is 0 Å². The third kappa shape index (κ3) is 3.61. The van der Waals surface area contributed by atoms with Gasteiger partial charge in [-0.1, -0.05) is 23.7 Å². The molecule has 1 aromatic rings. The van der Waals surface area contributed by atoms with Crippen LogP contribution in [0.1, 0.15) is 19.8 Å². The lowest BCUT2D eigenvalue weighted by atomic mass is 9.95. The fourth-order valence-electron chi connectivity index (χ4n) is 3.14. The highest BCUT2D eigenvalue weighted by molar-refractivity contribution is 6.32. The van der Waals surface area contributed by atoms with Crippen LogP contribution in [-0.2, 0) is 9.59 Å². The van der Waals surface area contributed by atoms with Crippen molar-refractivity contribution in [1.82, 2.24) is 9.80 Å². The van der Waals surface area contributed by atoms with E-state index in [1.165, 1.54) is 0 Å². The highest BCUT2D eigenvalue weighted by atomic mass is 35.5. The Bertz CT molecular complexity index is 601. The molecule has 1 aromatic carbocycles. The van der Waals surface area contributed by atoms with E-state index in [9.17, 15) is 9.59 Å². The summed E-state index contributed by atoms with van der Waals surface area (Å²) in [6.45, 7) is 4.03. The lowest BCUT2D eigenvalue weighted by Gasteiger charge is -2.42. The quantitative estimate of drug-likeness (QED) is 0.850. The highest BCUT2D eigenvalue weighted by Gasteiger charge is 2.37. The minimum atomic E-state index is -0.0751. The summed E-state index contributed by atoms with van der Waals surface area (Å²) in [6, 6.07) is 7.35. The lowest BCUT2D eigenvalue weighted by molar-refractivity contribution is -0.147. The molecule has 124 valence electrons. The van der Waals surface area contributed by atoms with Crippen LogP contribution in [-0.4, -0.2) is 53.9 Å². The average molecular weight is 337 g/mol. The molecule has 0 aromatic heterocycles. The Kier molecular flexibility index (Phi) is 4.76. The number of halogens is 1. The molecule has 6 heteroatoms. The number of piperidine rings is 1. The lowest BCUT2D eigenvalue weighted by Crippen LogP contribution is -2.59. The molecule has 2 saturated heterocycles. The van der Waals surface area contributed by atoms with Crippen LogP contribution in [0.2, 0.25) is 5.02 Å². The Hall–Kier alpha value is -1.75. The van der Waals surface area contributed by atoms with Gasteiger partial charge in [0.1, 0.15) is 11.9 Å².